The summed E-state index contributed by atoms with van der Waals surface area (Å²) in [4.78, 5) is 65.2. The number of likely N-dealkylation sites (tertiary alicyclic amines) is 1. The van der Waals surface area contributed by atoms with Crippen molar-refractivity contribution in [2.24, 2.45) is 11.3 Å². The van der Waals surface area contributed by atoms with E-state index in [1.165, 1.54) is 24.3 Å². The molecule has 1 aromatic rings. The highest BCUT2D eigenvalue weighted by Gasteiger charge is 2.57. The van der Waals surface area contributed by atoms with Crippen molar-refractivity contribution in [3.05, 3.63) is 35.4 Å². The molecule has 0 saturated carbocycles. The monoisotopic (exact) mass is 491 g/mol. The molecule has 1 aliphatic heterocycles. The number of carboxylic acid groups (broad SMARTS) is 1. The lowest BCUT2D eigenvalue weighted by molar-refractivity contribution is -0.180. The Morgan fingerprint density at radius 2 is 1.57 bits per heavy atom. The lowest BCUT2D eigenvalue weighted by Crippen LogP contribution is -2.58. The van der Waals surface area contributed by atoms with Crippen LogP contribution in [0.3, 0.4) is 0 Å². The summed E-state index contributed by atoms with van der Waals surface area (Å²) in [6.45, 7) is 8.06. The molecule has 192 valence electrons. The molecular formula is C25H33NO9. The molecule has 2 rings (SSSR count). The summed E-state index contributed by atoms with van der Waals surface area (Å²) >= 11 is 0. The summed E-state index contributed by atoms with van der Waals surface area (Å²) in [5, 5.41) is 9.62. The third-order valence-electron chi connectivity index (χ3n) is 5.62. The Hall–Kier alpha value is -3.43. The van der Waals surface area contributed by atoms with Gasteiger partial charge in [0.05, 0.1) is 18.8 Å². The third-order valence-corrected chi connectivity index (χ3v) is 5.62. The summed E-state index contributed by atoms with van der Waals surface area (Å²) in [5.74, 6) is -4.72. The maximum atomic E-state index is 13.7. The zero-order chi connectivity index (χ0) is 26.4. The zero-order valence-electron chi connectivity index (χ0n) is 20.8. The molecule has 10 nitrogen and oxygen atoms in total. The van der Waals surface area contributed by atoms with Crippen molar-refractivity contribution >= 4 is 29.8 Å². The first kappa shape index (κ1) is 27.8. The second-order valence-corrected chi connectivity index (χ2v) is 9.31. The number of ketones is 1. The average Bonchev–Trinajstić information content (AvgIpc) is 2.78. The predicted molar refractivity (Wildman–Crippen MR) is 124 cm³/mol. The summed E-state index contributed by atoms with van der Waals surface area (Å²) in [5.41, 5.74) is -2.45. The van der Waals surface area contributed by atoms with Gasteiger partial charge < -0.3 is 24.2 Å². The second kappa shape index (κ2) is 11.3. The minimum absolute atomic E-state index is 0.0442. The summed E-state index contributed by atoms with van der Waals surface area (Å²) in [6.07, 6.45) is -0.968. The second-order valence-electron chi connectivity index (χ2n) is 9.31. The summed E-state index contributed by atoms with van der Waals surface area (Å²) in [6, 6.07) is 5.50. The van der Waals surface area contributed by atoms with Crippen LogP contribution in [-0.2, 0) is 23.8 Å². The lowest BCUT2D eigenvalue weighted by atomic mass is 9.67. The van der Waals surface area contributed by atoms with E-state index in [4.69, 9.17) is 14.2 Å². The summed E-state index contributed by atoms with van der Waals surface area (Å²) in [7, 11) is 0. The Morgan fingerprint density at radius 3 is 2.09 bits per heavy atom. The SMILES string of the molecule is CCOC(=O)c1ccc(C(=O)C(C(=O)OCC)[C@]2(C(=O)OC(C)(C)C)CCCN(C(=O)O)C2)cc1. The molecule has 0 radical (unpaired) electrons. The standard InChI is InChI=1S/C25H33NO9/c1-6-33-20(28)17-11-9-16(10-12-17)19(27)18(21(29)34-7-2)25(22(30)35-24(3,4)5)13-8-14-26(15-25)23(31)32/h9-12,18H,6-8,13-15H2,1-5H3,(H,31,32)/t18?,25-/m0/s1. The van der Waals surface area contributed by atoms with E-state index in [9.17, 15) is 29.1 Å². The van der Waals surface area contributed by atoms with E-state index in [0.717, 1.165) is 4.90 Å². The van der Waals surface area contributed by atoms with Gasteiger partial charge in [0.2, 0.25) is 0 Å². The number of amides is 1. The van der Waals surface area contributed by atoms with Gasteiger partial charge in [-0.2, -0.15) is 0 Å². The molecule has 1 aliphatic rings. The van der Waals surface area contributed by atoms with E-state index in [0.29, 0.717) is 0 Å². The highest BCUT2D eigenvalue weighted by molar-refractivity contribution is 6.12. The van der Waals surface area contributed by atoms with E-state index in [1.54, 1.807) is 34.6 Å². The number of hydrogen-bond acceptors (Lipinski definition) is 8. The first-order chi connectivity index (χ1) is 16.4. The fourth-order valence-electron chi connectivity index (χ4n) is 4.11. The molecule has 2 atom stereocenters. The van der Waals surface area contributed by atoms with Gasteiger partial charge in [-0.25, -0.2) is 9.59 Å². The Bertz CT molecular complexity index is 964. The first-order valence-electron chi connectivity index (χ1n) is 11.6. The van der Waals surface area contributed by atoms with Crippen molar-refractivity contribution in [2.45, 2.75) is 53.1 Å². The van der Waals surface area contributed by atoms with Crippen molar-refractivity contribution in [3.63, 3.8) is 0 Å². The number of nitrogens with zero attached hydrogens (tertiary/aromatic N) is 1. The molecule has 0 bridgehead atoms. The molecule has 0 aliphatic carbocycles. The van der Waals surface area contributed by atoms with Gasteiger partial charge in [0.15, 0.2) is 5.78 Å². The van der Waals surface area contributed by atoms with Gasteiger partial charge in [-0.3, -0.25) is 14.4 Å². The van der Waals surface area contributed by atoms with E-state index in [2.05, 4.69) is 0 Å². The molecule has 1 aromatic carbocycles. The van der Waals surface area contributed by atoms with Crippen LogP contribution in [0.25, 0.3) is 0 Å². The Labute approximate surface area is 204 Å². The molecule has 1 N–H and O–H groups in total. The van der Waals surface area contributed by atoms with Gasteiger partial charge in [-0.15, -0.1) is 0 Å². The fraction of sp³-hybridized carbons (Fsp3) is 0.560. The molecule has 1 heterocycles. The first-order valence-corrected chi connectivity index (χ1v) is 11.6. The largest absolute Gasteiger partial charge is 0.465 e. The zero-order valence-corrected chi connectivity index (χ0v) is 20.8. The molecule has 1 amide bonds. The molecule has 10 heteroatoms. The normalized spacial score (nSPS) is 18.8. The van der Waals surface area contributed by atoms with Crippen molar-refractivity contribution in [2.75, 3.05) is 26.3 Å². The smallest absolute Gasteiger partial charge is 0.407 e. The Kier molecular flexibility index (Phi) is 9.00. The predicted octanol–water partition coefficient (Wildman–Crippen LogP) is 3.33. The number of esters is 3. The van der Waals surface area contributed by atoms with Crippen LogP contribution in [-0.4, -0.2) is 71.7 Å². The van der Waals surface area contributed by atoms with Crippen LogP contribution in [0.4, 0.5) is 4.79 Å². The van der Waals surface area contributed by atoms with Crippen LogP contribution >= 0.6 is 0 Å². The molecule has 1 saturated heterocycles. The van der Waals surface area contributed by atoms with Crippen molar-refractivity contribution in [3.8, 4) is 0 Å². The highest BCUT2D eigenvalue weighted by atomic mass is 16.6. The van der Waals surface area contributed by atoms with E-state index in [1.807, 2.05) is 0 Å². The van der Waals surface area contributed by atoms with Gasteiger partial charge in [-0.1, -0.05) is 12.1 Å². The number of hydrogen-bond donors (Lipinski definition) is 1. The number of Topliss-reactive ketones (excluding diaryl/α,β-unsaturated/α-hetero) is 1. The lowest BCUT2D eigenvalue weighted by Gasteiger charge is -2.44. The number of ether oxygens (including phenoxy) is 3. The van der Waals surface area contributed by atoms with Crippen LogP contribution < -0.4 is 0 Å². The Morgan fingerprint density at radius 1 is 1.00 bits per heavy atom. The molecule has 1 fully saturated rings. The van der Waals surface area contributed by atoms with Crippen molar-refractivity contribution in [1.29, 1.82) is 0 Å². The number of carbonyl (C=O) groups is 5. The fourth-order valence-corrected chi connectivity index (χ4v) is 4.11. The number of piperidine rings is 1. The summed E-state index contributed by atoms with van der Waals surface area (Å²) < 4.78 is 15.7. The van der Waals surface area contributed by atoms with Crippen LogP contribution in [0, 0.1) is 11.3 Å². The molecule has 0 aromatic heterocycles. The minimum Gasteiger partial charge on any atom is -0.465 e. The van der Waals surface area contributed by atoms with Crippen molar-refractivity contribution < 1.29 is 43.3 Å². The Balaban J connectivity index is 2.59. The maximum absolute atomic E-state index is 13.7. The van der Waals surface area contributed by atoms with Crippen LogP contribution in [0.5, 0.6) is 0 Å². The van der Waals surface area contributed by atoms with Gasteiger partial charge in [0, 0.05) is 18.7 Å². The van der Waals surface area contributed by atoms with Gasteiger partial charge in [-0.05, 0) is 59.6 Å². The topological polar surface area (TPSA) is 137 Å². The van der Waals surface area contributed by atoms with Gasteiger partial charge in [0.1, 0.15) is 16.9 Å². The quantitative estimate of drug-likeness (QED) is 0.251. The van der Waals surface area contributed by atoms with Gasteiger partial charge >= 0.3 is 24.0 Å². The van der Waals surface area contributed by atoms with E-state index >= 15 is 0 Å². The van der Waals surface area contributed by atoms with Crippen LogP contribution in [0.1, 0.15) is 68.2 Å². The maximum Gasteiger partial charge on any atom is 0.407 e. The van der Waals surface area contributed by atoms with E-state index in [-0.39, 0.29) is 43.7 Å². The third kappa shape index (κ3) is 6.58. The molecular weight excluding hydrogens is 458 g/mol. The average molecular weight is 492 g/mol. The van der Waals surface area contributed by atoms with Crippen LogP contribution in [0.15, 0.2) is 24.3 Å². The minimum atomic E-state index is -1.78. The number of benzene rings is 1. The van der Waals surface area contributed by atoms with Crippen molar-refractivity contribution in [1.82, 2.24) is 4.90 Å². The molecule has 0 spiro atoms. The molecule has 35 heavy (non-hydrogen) atoms. The van der Waals surface area contributed by atoms with E-state index < -0.39 is 53.3 Å². The number of carbonyl (C=O) groups excluding carboxylic acids is 4. The van der Waals surface area contributed by atoms with Gasteiger partial charge in [0.25, 0.3) is 0 Å². The van der Waals surface area contributed by atoms with Crippen LogP contribution in [0.2, 0.25) is 0 Å². The highest BCUT2D eigenvalue weighted by Crippen LogP contribution is 2.42. The molecule has 1 unspecified atom stereocenters. The number of rotatable bonds is 8.